The third-order valence-corrected chi connectivity index (χ3v) is 5.88. The molecule has 3 aromatic rings. The van der Waals surface area contributed by atoms with E-state index in [-0.39, 0.29) is 23.4 Å². The molecule has 0 spiro atoms. The van der Waals surface area contributed by atoms with E-state index in [0.717, 1.165) is 5.56 Å². The number of esters is 1. The quantitative estimate of drug-likeness (QED) is 0.403. The van der Waals surface area contributed by atoms with E-state index in [1.807, 2.05) is 18.2 Å². The first-order chi connectivity index (χ1) is 15.0. The Kier molecular flexibility index (Phi) is 6.08. The molecular weight excluding hydrogens is 420 g/mol. The molecule has 0 aliphatic heterocycles. The van der Waals surface area contributed by atoms with Crippen LogP contribution in [0.25, 0.3) is 5.78 Å². The summed E-state index contributed by atoms with van der Waals surface area (Å²) >= 11 is 1.17. The lowest BCUT2D eigenvalue weighted by molar-refractivity contribution is -0.139. The minimum atomic E-state index is -0.327. The molecule has 0 saturated carbocycles. The summed E-state index contributed by atoms with van der Waals surface area (Å²) < 4.78 is 17.1. The van der Waals surface area contributed by atoms with E-state index in [2.05, 4.69) is 15.1 Å². The third kappa shape index (κ3) is 4.34. The van der Waals surface area contributed by atoms with Crippen LogP contribution in [-0.2, 0) is 16.0 Å². The highest BCUT2D eigenvalue weighted by molar-refractivity contribution is 7.99. The highest BCUT2D eigenvalue weighted by Gasteiger charge is 2.29. The average molecular weight is 442 g/mol. The van der Waals surface area contributed by atoms with E-state index < -0.39 is 0 Å². The van der Waals surface area contributed by atoms with Crippen LogP contribution in [0.15, 0.2) is 29.6 Å². The molecule has 2 aromatic heterocycles. The van der Waals surface area contributed by atoms with Crippen molar-refractivity contribution in [3.63, 3.8) is 0 Å². The number of methoxy groups -OCH3 is 2. The van der Waals surface area contributed by atoms with E-state index in [1.165, 1.54) is 16.3 Å². The predicted molar refractivity (Wildman–Crippen MR) is 113 cm³/mol. The van der Waals surface area contributed by atoms with Gasteiger partial charge in [-0.2, -0.15) is 4.98 Å². The molecule has 162 valence electrons. The van der Waals surface area contributed by atoms with E-state index in [0.29, 0.717) is 53.1 Å². The molecule has 1 aliphatic rings. The fourth-order valence-corrected chi connectivity index (χ4v) is 4.22. The summed E-state index contributed by atoms with van der Waals surface area (Å²) in [5.41, 5.74) is 2.24. The second-order valence-corrected chi connectivity index (χ2v) is 7.92. The number of hydrogen-bond donors (Lipinski definition) is 0. The first-order valence-electron chi connectivity index (χ1n) is 9.82. The first-order valence-corrected chi connectivity index (χ1v) is 10.8. The van der Waals surface area contributed by atoms with Crippen molar-refractivity contribution < 1.29 is 23.8 Å². The van der Waals surface area contributed by atoms with Crippen LogP contribution >= 0.6 is 11.8 Å². The zero-order valence-corrected chi connectivity index (χ0v) is 18.3. The van der Waals surface area contributed by atoms with Crippen LogP contribution in [0.5, 0.6) is 11.5 Å². The fraction of sp³-hybridized carbons (Fsp3) is 0.381. The molecule has 1 aliphatic carbocycles. The number of fused-ring (bicyclic) bond motifs is 2. The van der Waals surface area contributed by atoms with E-state index in [4.69, 9.17) is 14.2 Å². The van der Waals surface area contributed by atoms with Crippen LogP contribution in [0, 0.1) is 0 Å². The van der Waals surface area contributed by atoms with Crippen molar-refractivity contribution in [3.05, 3.63) is 41.2 Å². The van der Waals surface area contributed by atoms with E-state index >= 15 is 0 Å². The van der Waals surface area contributed by atoms with Gasteiger partial charge in [-0.05, 0) is 37.0 Å². The molecule has 0 bridgehead atoms. The number of hydrogen-bond acceptors (Lipinski definition) is 9. The second kappa shape index (κ2) is 8.93. The number of ketones is 1. The van der Waals surface area contributed by atoms with Gasteiger partial charge in [-0.1, -0.05) is 17.8 Å². The Morgan fingerprint density at radius 2 is 2.00 bits per heavy atom. The van der Waals surface area contributed by atoms with Gasteiger partial charge in [0.05, 0.1) is 37.8 Å². The van der Waals surface area contributed by atoms with Crippen molar-refractivity contribution >= 4 is 29.3 Å². The number of Topliss-reactive ketones (excluding diaryl/α,β-unsaturated/α-hetero) is 1. The Labute approximate surface area is 183 Å². The lowest BCUT2D eigenvalue weighted by Crippen LogP contribution is -2.21. The van der Waals surface area contributed by atoms with Crippen LogP contribution in [0.1, 0.15) is 40.9 Å². The SMILES string of the molecule is CCOC(=O)CSc1nc2nc3c(cn2n1)C(=O)C[C@@H](c1ccc(OC)c(OC)c1)C3. The molecule has 0 saturated heterocycles. The second-order valence-electron chi connectivity index (χ2n) is 6.98. The molecule has 31 heavy (non-hydrogen) atoms. The van der Waals surface area contributed by atoms with Gasteiger partial charge in [0.25, 0.3) is 5.78 Å². The molecule has 0 unspecified atom stereocenters. The average Bonchev–Trinajstić information content (AvgIpc) is 3.18. The molecule has 0 fully saturated rings. The third-order valence-electron chi connectivity index (χ3n) is 5.07. The number of rotatable bonds is 7. The fourth-order valence-electron chi connectivity index (χ4n) is 3.59. The van der Waals surface area contributed by atoms with Crippen LogP contribution in [0.2, 0.25) is 0 Å². The summed E-state index contributed by atoms with van der Waals surface area (Å²) in [6.07, 6.45) is 2.65. The highest BCUT2D eigenvalue weighted by Crippen LogP contribution is 2.36. The maximum absolute atomic E-state index is 12.9. The Bertz CT molecular complexity index is 1150. The lowest BCUT2D eigenvalue weighted by Gasteiger charge is -2.23. The monoisotopic (exact) mass is 442 g/mol. The van der Waals surface area contributed by atoms with Gasteiger partial charge < -0.3 is 14.2 Å². The summed E-state index contributed by atoms with van der Waals surface area (Å²) in [6, 6.07) is 5.70. The molecule has 0 amide bonds. The van der Waals surface area contributed by atoms with Gasteiger partial charge in [0.15, 0.2) is 17.3 Å². The molecule has 10 heteroatoms. The van der Waals surface area contributed by atoms with Gasteiger partial charge in [0.2, 0.25) is 5.16 Å². The van der Waals surface area contributed by atoms with Gasteiger partial charge in [0.1, 0.15) is 0 Å². The number of aromatic nitrogens is 4. The number of carbonyl (C=O) groups is 2. The van der Waals surface area contributed by atoms with Crippen molar-refractivity contribution in [2.75, 3.05) is 26.6 Å². The standard InChI is InChI=1S/C21H22N4O5S/c1-4-30-19(27)11-31-21-23-20-22-15-7-13(8-16(26)14(15)10-25(20)24-21)12-5-6-17(28-2)18(9-12)29-3/h5-6,9-10,13H,4,7-8,11H2,1-3H3/t13-/m0/s1. The zero-order valence-electron chi connectivity index (χ0n) is 17.5. The summed E-state index contributed by atoms with van der Waals surface area (Å²) in [5, 5.41) is 4.73. The van der Waals surface area contributed by atoms with Crippen molar-refractivity contribution in [2.24, 2.45) is 0 Å². The number of nitrogens with zero attached hydrogens (tertiary/aromatic N) is 4. The largest absolute Gasteiger partial charge is 0.493 e. The Hall–Kier alpha value is -3.14. The van der Waals surface area contributed by atoms with Crippen LogP contribution in [-0.4, -0.2) is 57.9 Å². The summed E-state index contributed by atoms with van der Waals surface area (Å²) in [4.78, 5) is 33.4. The van der Waals surface area contributed by atoms with Gasteiger partial charge in [-0.3, -0.25) is 9.59 Å². The van der Waals surface area contributed by atoms with E-state index in [9.17, 15) is 9.59 Å². The van der Waals surface area contributed by atoms with Crippen molar-refractivity contribution in [1.82, 2.24) is 19.6 Å². The van der Waals surface area contributed by atoms with Crippen molar-refractivity contribution in [1.29, 1.82) is 0 Å². The Morgan fingerprint density at radius 1 is 1.19 bits per heavy atom. The Morgan fingerprint density at radius 3 is 2.74 bits per heavy atom. The first kappa shape index (κ1) is 21.1. The lowest BCUT2D eigenvalue weighted by atomic mass is 9.82. The van der Waals surface area contributed by atoms with Crippen molar-refractivity contribution in [2.45, 2.75) is 30.8 Å². The van der Waals surface area contributed by atoms with Crippen LogP contribution in [0.3, 0.4) is 0 Å². The molecule has 0 N–H and O–H groups in total. The minimum Gasteiger partial charge on any atom is -0.493 e. The summed E-state index contributed by atoms with van der Waals surface area (Å²) in [5.74, 6) is 1.44. The topological polar surface area (TPSA) is 105 Å². The molecule has 4 rings (SSSR count). The Balaban J connectivity index is 1.59. The van der Waals surface area contributed by atoms with Crippen molar-refractivity contribution in [3.8, 4) is 11.5 Å². The maximum atomic E-state index is 12.9. The van der Waals surface area contributed by atoms with Gasteiger partial charge in [0, 0.05) is 12.6 Å². The number of benzene rings is 1. The van der Waals surface area contributed by atoms with Gasteiger partial charge >= 0.3 is 5.97 Å². The van der Waals surface area contributed by atoms with Gasteiger partial charge in [-0.15, -0.1) is 5.10 Å². The number of ether oxygens (including phenoxy) is 3. The maximum Gasteiger partial charge on any atom is 0.316 e. The summed E-state index contributed by atoms with van der Waals surface area (Å²) in [7, 11) is 3.18. The highest BCUT2D eigenvalue weighted by atomic mass is 32.2. The van der Waals surface area contributed by atoms with Crippen LogP contribution < -0.4 is 9.47 Å². The normalized spacial score (nSPS) is 15.6. The smallest absolute Gasteiger partial charge is 0.316 e. The molecule has 0 radical (unpaired) electrons. The number of carbonyl (C=O) groups excluding carboxylic acids is 2. The van der Waals surface area contributed by atoms with Gasteiger partial charge in [-0.25, -0.2) is 9.50 Å². The predicted octanol–water partition coefficient (Wildman–Crippen LogP) is 2.71. The zero-order chi connectivity index (χ0) is 22.0. The number of thioether (sulfide) groups is 1. The molecule has 1 aromatic carbocycles. The molecule has 9 nitrogen and oxygen atoms in total. The molecule has 2 heterocycles. The van der Waals surface area contributed by atoms with E-state index in [1.54, 1.807) is 27.3 Å². The minimum absolute atomic E-state index is 0.00617. The van der Waals surface area contributed by atoms with Crippen LogP contribution in [0.4, 0.5) is 0 Å². The summed E-state index contributed by atoms with van der Waals surface area (Å²) in [6.45, 7) is 2.09. The molecular formula is C21H22N4O5S. The molecule has 1 atom stereocenters.